The number of anilines is 1. The molecule has 5 heteroatoms. The third-order valence-electron chi connectivity index (χ3n) is 5.97. The summed E-state index contributed by atoms with van der Waals surface area (Å²) in [5.74, 6) is 0.372. The molecule has 0 aromatic heterocycles. The number of rotatable bonds is 7. The number of fused-ring (bicyclic) bond motifs is 1. The van der Waals surface area contributed by atoms with Gasteiger partial charge in [-0.3, -0.25) is 9.59 Å². The summed E-state index contributed by atoms with van der Waals surface area (Å²) in [6.07, 6.45) is 2.39. The van der Waals surface area contributed by atoms with Gasteiger partial charge in [0.05, 0.1) is 5.92 Å². The van der Waals surface area contributed by atoms with Crippen molar-refractivity contribution in [2.45, 2.75) is 39.2 Å². The minimum Gasteiger partial charge on any atom is -0.492 e. The Hall–Kier alpha value is -3.60. The number of nitrogens with one attached hydrogen (secondary N) is 2. The molecule has 3 aromatic carbocycles. The molecule has 0 saturated carbocycles. The molecule has 0 aliphatic carbocycles. The molecule has 0 spiro atoms. The first kappa shape index (κ1) is 22.6. The molecule has 33 heavy (non-hydrogen) atoms. The molecule has 1 aliphatic heterocycles. The first-order valence-electron chi connectivity index (χ1n) is 11.5. The molecular formula is C28H30N2O3. The number of benzene rings is 3. The first-order chi connectivity index (χ1) is 16.0. The van der Waals surface area contributed by atoms with Crippen LogP contribution in [0.3, 0.4) is 0 Å². The third-order valence-corrected chi connectivity index (χ3v) is 5.97. The number of carbonyl (C=O) groups is 2. The zero-order valence-corrected chi connectivity index (χ0v) is 19.1. The third kappa shape index (κ3) is 6.01. The maximum absolute atomic E-state index is 12.8. The topological polar surface area (TPSA) is 67.4 Å². The monoisotopic (exact) mass is 442 g/mol. The van der Waals surface area contributed by atoms with Gasteiger partial charge in [0.1, 0.15) is 12.4 Å². The van der Waals surface area contributed by atoms with Crippen molar-refractivity contribution in [2.75, 3.05) is 11.9 Å². The van der Waals surface area contributed by atoms with Gasteiger partial charge in [-0.1, -0.05) is 48.0 Å². The van der Waals surface area contributed by atoms with E-state index in [2.05, 4.69) is 22.8 Å². The van der Waals surface area contributed by atoms with E-state index in [9.17, 15) is 9.59 Å². The van der Waals surface area contributed by atoms with E-state index in [-0.39, 0.29) is 23.8 Å². The van der Waals surface area contributed by atoms with Crippen molar-refractivity contribution in [3.05, 3.63) is 95.1 Å². The molecule has 5 nitrogen and oxygen atoms in total. The van der Waals surface area contributed by atoms with Gasteiger partial charge < -0.3 is 15.4 Å². The van der Waals surface area contributed by atoms with Crippen LogP contribution in [0.4, 0.5) is 5.69 Å². The molecule has 4 rings (SSSR count). The Morgan fingerprint density at radius 1 is 1.03 bits per heavy atom. The zero-order chi connectivity index (χ0) is 23.2. The second-order valence-electron chi connectivity index (χ2n) is 8.79. The SMILES string of the molecule is Cc1cccc(C(=O)Nc2ccc3c(c2)C[C@@H](C(=O)N[C@H](C)CCc2ccccc2)CO3)c1. The fraction of sp³-hybridized carbons (Fsp3) is 0.286. The molecule has 0 unspecified atom stereocenters. The van der Waals surface area contributed by atoms with Crippen LogP contribution < -0.4 is 15.4 Å². The molecule has 0 saturated heterocycles. The van der Waals surface area contributed by atoms with Crippen LogP contribution in [0, 0.1) is 12.8 Å². The van der Waals surface area contributed by atoms with Gasteiger partial charge in [0, 0.05) is 17.3 Å². The molecule has 1 aliphatic rings. The molecular weight excluding hydrogens is 412 g/mol. The van der Waals surface area contributed by atoms with Crippen molar-refractivity contribution in [1.82, 2.24) is 5.32 Å². The summed E-state index contributed by atoms with van der Waals surface area (Å²) in [6, 6.07) is 23.5. The smallest absolute Gasteiger partial charge is 0.255 e. The molecule has 1 heterocycles. The van der Waals surface area contributed by atoms with Crippen LogP contribution in [-0.2, 0) is 17.6 Å². The molecule has 0 fully saturated rings. The fourth-order valence-corrected chi connectivity index (χ4v) is 4.09. The largest absolute Gasteiger partial charge is 0.492 e. The van der Waals surface area contributed by atoms with Crippen LogP contribution in [0.1, 0.15) is 40.4 Å². The van der Waals surface area contributed by atoms with E-state index in [4.69, 9.17) is 4.74 Å². The number of amides is 2. The number of hydrogen-bond donors (Lipinski definition) is 2. The fourth-order valence-electron chi connectivity index (χ4n) is 4.09. The Bertz CT molecular complexity index is 1130. The highest BCUT2D eigenvalue weighted by Gasteiger charge is 2.27. The normalized spacial score (nSPS) is 15.6. The summed E-state index contributed by atoms with van der Waals surface area (Å²) in [4.78, 5) is 25.4. The van der Waals surface area contributed by atoms with Crippen LogP contribution >= 0.6 is 0 Å². The highest BCUT2D eigenvalue weighted by atomic mass is 16.5. The zero-order valence-electron chi connectivity index (χ0n) is 19.1. The van der Waals surface area contributed by atoms with Crippen LogP contribution in [0.25, 0.3) is 0 Å². The van der Waals surface area contributed by atoms with Gasteiger partial charge in [-0.15, -0.1) is 0 Å². The summed E-state index contributed by atoms with van der Waals surface area (Å²) in [6.45, 7) is 4.36. The Kier molecular flexibility index (Phi) is 7.08. The van der Waals surface area contributed by atoms with Crippen LogP contribution in [0.15, 0.2) is 72.8 Å². The van der Waals surface area contributed by atoms with E-state index in [0.717, 1.165) is 29.7 Å². The number of carbonyl (C=O) groups excluding carboxylic acids is 2. The predicted octanol–water partition coefficient (Wildman–Crippen LogP) is 4.94. The molecule has 2 amide bonds. The summed E-state index contributed by atoms with van der Waals surface area (Å²) in [5, 5.41) is 6.08. The van der Waals surface area contributed by atoms with Gasteiger partial charge in [-0.2, -0.15) is 0 Å². The van der Waals surface area contributed by atoms with Crippen molar-refractivity contribution < 1.29 is 14.3 Å². The average Bonchev–Trinajstić information content (AvgIpc) is 2.83. The van der Waals surface area contributed by atoms with E-state index < -0.39 is 0 Å². The van der Waals surface area contributed by atoms with Crippen molar-refractivity contribution in [2.24, 2.45) is 5.92 Å². The quantitative estimate of drug-likeness (QED) is 0.545. The lowest BCUT2D eigenvalue weighted by atomic mass is 9.95. The Labute approximate surface area is 195 Å². The summed E-state index contributed by atoms with van der Waals surface area (Å²) < 4.78 is 5.85. The van der Waals surface area contributed by atoms with E-state index in [0.29, 0.717) is 24.3 Å². The van der Waals surface area contributed by atoms with Gasteiger partial charge in [0.15, 0.2) is 0 Å². The highest BCUT2D eigenvalue weighted by Crippen LogP contribution is 2.30. The Morgan fingerprint density at radius 3 is 2.64 bits per heavy atom. The second kappa shape index (κ2) is 10.3. The predicted molar refractivity (Wildman–Crippen MR) is 131 cm³/mol. The van der Waals surface area contributed by atoms with E-state index in [1.807, 2.05) is 68.4 Å². The van der Waals surface area contributed by atoms with Gasteiger partial charge in [-0.05, 0) is 74.6 Å². The minimum absolute atomic E-state index is 0.00964. The average molecular weight is 443 g/mol. The number of ether oxygens (including phenoxy) is 1. The van der Waals surface area contributed by atoms with Gasteiger partial charge in [-0.25, -0.2) is 0 Å². The molecule has 0 bridgehead atoms. The van der Waals surface area contributed by atoms with Crippen LogP contribution in [0.2, 0.25) is 0 Å². The van der Waals surface area contributed by atoms with Crippen LogP contribution in [0.5, 0.6) is 5.75 Å². The lowest BCUT2D eigenvalue weighted by Crippen LogP contribution is -2.41. The Balaban J connectivity index is 1.34. The number of aryl methyl sites for hydroxylation is 2. The van der Waals surface area contributed by atoms with Crippen molar-refractivity contribution in [1.29, 1.82) is 0 Å². The van der Waals surface area contributed by atoms with Gasteiger partial charge in [0.25, 0.3) is 5.91 Å². The summed E-state index contributed by atoms with van der Waals surface area (Å²) >= 11 is 0. The summed E-state index contributed by atoms with van der Waals surface area (Å²) in [5.41, 5.74) is 4.55. The lowest BCUT2D eigenvalue weighted by Gasteiger charge is -2.26. The minimum atomic E-state index is -0.251. The molecule has 170 valence electrons. The van der Waals surface area contributed by atoms with Crippen molar-refractivity contribution >= 4 is 17.5 Å². The summed E-state index contributed by atoms with van der Waals surface area (Å²) in [7, 11) is 0. The van der Waals surface area contributed by atoms with Gasteiger partial charge in [0.2, 0.25) is 5.91 Å². The highest BCUT2D eigenvalue weighted by molar-refractivity contribution is 6.04. The maximum atomic E-state index is 12.8. The van der Waals surface area contributed by atoms with E-state index in [1.54, 1.807) is 6.07 Å². The second-order valence-corrected chi connectivity index (χ2v) is 8.79. The Morgan fingerprint density at radius 2 is 1.85 bits per heavy atom. The first-order valence-corrected chi connectivity index (χ1v) is 11.5. The maximum Gasteiger partial charge on any atom is 0.255 e. The van der Waals surface area contributed by atoms with Crippen molar-refractivity contribution in [3.63, 3.8) is 0 Å². The molecule has 3 aromatic rings. The standard InChI is InChI=1S/C28H30N2O3/c1-19-7-6-10-22(15-19)27(31)30-25-13-14-26-23(17-25)16-24(18-33-26)28(32)29-20(2)11-12-21-8-4-3-5-9-21/h3-10,13-15,17,20,24H,11-12,16,18H2,1-2H3,(H,29,32)(H,30,31)/t20-,24-/m1/s1. The van der Waals surface area contributed by atoms with E-state index in [1.165, 1.54) is 5.56 Å². The van der Waals surface area contributed by atoms with Gasteiger partial charge >= 0.3 is 0 Å². The van der Waals surface area contributed by atoms with Crippen LogP contribution in [-0.4, -0.2) is 24.5 Å². The molecule has 2 atom stereocenters. The molecule has 0 radical (unpaired) electrons. The van der Waals surface area contributed by atoms with Crippen molar-refractivity contribution in [3.8, 4) is 5.75 Å². The number of hydrogen-bond acceptors (Lipinski definition) is 3. The van der Waals surface area contributed by atoms with E-state index >= 15 is 0 Å². The molecule has 2 N–H and O–H groups in total. The lowest BCUT2D eigenvalue weighted by molar-refractivity contribution is -0.126.